The molecule has 0 unspecified atom stereocenters. The molecule has 0 saturated heterocycles. The van der Waals surface area contributed by atoms with E-state index in [9.17, 15) is 4.79 Å². The van der Waals surface area contributed by atoms with Crippen molar-refractivity contribution >= 4 is 11.8 Å². The smallest absolute Gasteiger partial charge is 0.278 e. The highest BCUT2D eigenvalue weighted by Crippen LogP contribution is 2.38. The van der Waals surface area contributed by atoms with Crippen LogP contribution in [0.1, 0.15) is 29.9 Å². The molecule has 0 aliphatic carbocycles. The maximum absolute atomic E-state index is 13.0. The van der Waals surface area contributed by atoms with E-state index in [1.54, 1.807) is 10.7 Å². The summed E-state index contributed by atoms with van der Waals surface area (Å²) in [6.07, 6.45) is 0. The van der Waals surface area contributed by atoms with Gasteiger partial charge in [0.15, 0.2) is 17.2 Å². The largest absolute Gasteiger partial charge is 0.490 e. The fourth-order valence-electron chi connectivity index (χ4n) is 4.01. The molecule has 1 aliphatic heterocycles. The summed E-state index contributed by atoms with van der Waals surface area (Å²) in [6, 6.07) is 14.9. The Kier molecular flexibility index (Phi) is 5.67. The van der Waals surface area contributed by atoms with Crippen LogP contribution in [-0.4, -0.2) is 34.1 Å². The Morgan fingerprint density at radius 1 is 1.09 bits per heavy atom. The molecule has 9 nitrogen and oxygen atoms in total. The number of hydrogen-bond acceptors (Lipinski definition) is 7. The zero-order valence-electron chi connectivity index (χ0n) is 19.1. The number of amides is 1. The summed E-state index contributed by atoms with van der Waals surface area (Å²) in [5.74, 6) is 1.86. The Morgan fingerprint density at radius 2 is 1.88 bits per heavy atom. The number of fused-ring (bicyclic) bond motifs is 3. The van der Waals surface area contributed by atoms with Crippen LogP contribution < -0.4 is 19.5 Å². The highest BCUT2D eigenvalue weighted by atomic mass is 16.5. The van der Waals surface area contributed by atoms with E-state index in [1.807, 2.05) is 63.4 Å². The van der Waals surface area contributed by atoms with Crippen LogP contribution in [0, 0.1) is 0 Å². The molecule has 3 heterocycles. The number of nitrogens with one attached hydrogen (secondary N) is 1. The van der Waals surface area contributed by atoms with Crippen molar-refractivity contribution in [2.75, 3.05) is 18.5 Å². The molecular formula is C25H24N4O5. The second kappa shape index (κ2) is 8.93. The zero-order valence-corrected chi connectivity index (χ0v) is 19.1. The number of ether oxygens (including phenoxy) is 3. The van der Waals surface area contributed by atoms with Gasteiger partial charge in [0.1, 0.15) is 18.1 Å². The molecule has 34 heavy (non-hydrogen) atoms. The number of rotatable bonds is 7. The first-order chi connectivity index (χ1) is 16.6. The van der Waals surface area contributed by atoms with Crippen molar-refractivity contribution < 1.29 is 23.5 Å². The minimum absolute atomic E-state index is 0.211. The summed E-state index contributed by atoms with van der Waals surface area (Å²) in [5.41, 5.74) is 4.11. The third-order valence-corrected chi connectivity index (χ3v) is 5.46. The second-order valence-corrected chi connectivity index (χ2v) is 7.64. The van der Waals surface area contributed by atoms with E-state index in [4.69, 9.17) is 18.7 Å². The van der Waals surface area contributed by atoms with Crippen LogP contribution >= 0.6 is 0 Å². The van der Waals surface area contributed by atoms with Gasteiger partial charge in [0.05, 0.1) is 18.9 Å². The van der Waals surface area contributed by atoms with Crippen LogP contribution in [0.4, 0.5) is 5.88 Å². The standard InChI is InChI=1S/C25H24N4O5/c1-4-31-20-11-10-15(12-21(20)32-5-2)18-13-22(34-28-18)26-25(30)23-17-14-33-19-9-7-6-8-16(19)24(17)29(3)27-23/h6-13H,4-5,14H2,1-3H3,(H,26,30). The van der Waals surface area contributed by atoms with Gasteiger partial charge < -0.3 is 18.7 Å². The summed E-state index contributed by atoms with van der Waals surface area (Å²) < 4.78 is 24.2. The van der Waals surface area contributed by atoms with Crippen molar-refractivity contribution in [3.05, 3.63) is 59.8 Å². The minimum Gasteiger partial charge on any atom is -0.490 e. The van der Waals surface area contributed by atoms with Crippen LogP contribution in [0.3, 0.4) is 0 Å². The van der Waals surface area contributed by atoms with E-state index in [0.717, 1.165) is 28.1 Å². The highest BCUT2D eigenvalue weighted by molar-refractivity contribution is 6.04. The van der Waals surface area contributed by atoms with Crippen LogP contribution in [0.5, 0.6) is 17.2 Å². The number of aryl methyl sites for hydroxylation is 1. The van der Waals surface area contributed by atoms with Crippen LogP contribution in [0.25, 0.3) is 22.5 Å². The molecular weight excluding hydrogens is 436 g/mol. The van der Waals surface area contributed by atoms with Crippen molar-refractivity contribution in [2.45, 2.75) is 20.5 Å². The lowest BCUT2D eigenvalue weighted by molar-refractivity contribution is 0.101. The average molecular weight is 460 g/mol. The Balaban J connectivity index is 1.38. The third-order valence-electron chi connectivity index (χ3n) is 5.46. The molecule has 2 aromatic carbocycles. The van der Waals surface area contributed by atoms with E-state index in [0.29, 0.717) is 30.4 Å². The van der Waals surface area contributed by atoms with Gasteiger partial charge in [-0.1, -0.05) is 17.3 Å². The average Bonchev–Trinajstić information content (AvgIpc) is 3.45. The molecule has 0 radical (unpaired) electrons. The molecule has 5 rings (SSSR count). The van der Waals surface area contributed by atoms with Crippen molar-refractivity contribution in [3.63, 3.8) is 0 Å². The normalized spacial score (nSPS) is 11.9. The van der Waals surface area contributed by atoms with E-state index in [2.05, 4.69) is 15.6 Å². The first-order valence-corrected chi connectivity index (χ1v) is 11.0. The molecule has 0 bridgehead atoms. The lowest BCUT2D eigenvalue weighted by Gasteiger charge is -2.18. The third kappa shape index (κ3) is 3.85. The number of nitrogens with zero attached hydrogens (tertiary/aromatic N) is 3. The second-order valence-electron chi connectivity index (χ2n) is 7.64. The van der Waals surface area contributed by atoms with Gasteiger partial charge in [-0.15, -0.1) is 0 Å². The number of carbonyl (C=O) groups excluding carboxylic acids is 1. The molecule has 0 atom stereocenters. The first kappa shape index (κ1) is 21.6. The molecule has 1 N–H and O–H groups in total. The quantitative estimate of drug-likeness (QED) is 0.427. The van der Waals surface area contributed by atoms with Gasteiger partial charge >= 0.3 is 0 Å². The fourth-order valence-corrected chi connectivity index (χ4v) is 4.01. The van der Waals surface area contributed by atoms with E-state index in [1.165, 1.54) is 0 Å². The molecule has 0 spiro atoms. The van der Waals surface area contributed by atoms with Crippen LogP contribution in [0.2, 0.25) is 0 Å². The van der Waals surface area contributed by atoms with Gasteiger partial charge in [0.2, 0.25) is 5.88 Å². The first-order valence-electron chi connectivity index (χ1n) is 11.0. The number of hydrogen-bond donors (Lipinski definition) is 1. The maximum Gasteiger partial charge on any atom is 0.278 e. The Labute approximate surface area is 196 Å². The van der Waals surface area contributed by atoms with Gasteiger partial charge in [0, 0.05) is 29.8 Å². The van der Waals surface area contributed by atoms with Crippen LogP contribution in [-0.2, 0) is 13.7 Å². The monoisotopic (exact) mass is 460 g/mol. The van der Waals surface area contributed by atoms with Crippen molar-refractivity contribution in [2.24, 2.45) is 7.05 Å². The summed E-state index contributed by atoms with van der Waals surface area (Å²) in [5, 5.41) is 11.3. The molecule has 0 fully saturated rings. The maximum atomic E-state index is 13.0. The van der Waals surface area contributed by atoms with Gasteiger partial charge in [-0.05, 0) is 44.2 Å². The Bertz CT molecular complexity index is 1360. The number of aromatic nitrogens is 3. The van der Waals surface area contributed by atoms with Gasteiger partial charge in [-0.2, -0.15) is 5.10 Å². The molecule has 174 valence electrons. The topological polar surface area (TPSA) is 101 Å². The molecule has 2 aromatic heterocycles. The number of para-hydroxylation sites is 1. The minimum atomic E-state index is -0.399. The van der Waals surface area contributed by atoms with Crippen molar-refractivity contribution in [1.82, 2.24) is 14.9 Å². The van der Waals surface area contributed by atoms with Crippen molar-refractivity contribution in [1.29, 1.82) is 0 Å². The van der Waals surface area contributed by atoms with Crippen molar-refractivity contribution in [3.8, 4) is 39.8 Å². The highest BCUT2D eigenvalue weighted by Gasteiger charge is 2.28. The van der Waals surface area contributed by atoms with Crippen LogP contribution in [0.15, 0.2) is 53.1 Å². The zero-order chi connectivity index (χ0) is 23.7. The predicted molar refractivity (Wildman–Crippen MR) is 125 cm³/mol. The number of benzene rings is 2. The predicted octanol–water partition coefficient (Wildman–Crippen LogP) is 4.68. The SMILES string of the molecule is CCOc1ccc(-c2cc(NC(=O)c3nn(C)c4c3COc3ccccc3-4)on2)cc1OCC. The molecule has 4 aromatic rings. The fraction of sp³-hybridized carbons (Fsp3) is 0.240. The van der Waals surface area contributed by atoms with E-state index < -0.39 is 5.91 Å². The molecule has 9 heteroatoms. The van der Waals surface area contributed by atoms with E-state index in [-0.39, 0.29) is 18.2 Å². The molecule has 1 amide bonds. The van der Waals surface area contributed by atoms with Gasteiger partial charge in [-0.25, -0.2) is 0 Å². The lowest BCUT2D eigenvalue weighted by Crippen LogP contribution is -2.16. The number of anilines is 1. The summed E-state index contributed by atoms with van der Waals surface area (Å²) in [7, 11) is 1.81. The Hall–Kier alpha value is -4.27. The Morgan fingerprint density at radius 3 is 2.71 bits per heavy atom. The summed E-state index contributed by atoms with van der Waals surface area (Å²) >= 11 is 0. The van der Waals surface area contributed by atoms with Gasteiger partial charge in [0.25, 0.3) is 5.91 Å². The van der Waals surface area contributed by atoms with E-state index >= 15 is 0 Å². The molecule has 0 saturated carbocycles. The number of carbonyl (C=O) groups is 1. The summed E-state index contributed by atoms with van der Waals surface area (Å²) in [4.78, 5) is 13.0. The lowest BCUT2D eigenvalue weighted by atomic mass is 10.0. The molecule has 1 aliphatic rings. The van der Waals surface area contributed by atoms with Gasteiger partial charge in [-0.3, -0.25) is 14.8 Å². The summed E-state index contributed by atoms with van der Waals surface area (Å²) in [6.45, 7) is 5.13.